The molecule has 0 amide bonds. The number of ether oxygens (including phenoxy) is 2. The van der Waals surface area contributed by atoms with Gasteiger partial charge in [-0.2, -0.15) is 0 Å². The summed E-state index contributed by atoms with van der Waals surface area (Å²) in [5, 5.41) is 11.2. The number of piperidine rings is 1. The van der Waals surface area contributed by atoms with Crippen molar-refractivity contribution in [2.75, 3.05) is 18.0 Å². The van der Waals surface area contributed by atoms with E-state index in [1.165, 1.54) is 6.42 Å². The summed E-state index contributed by atoms with van der Waals surface area (Å²) in [5.74, 6) is 0. The normalized spacial score (nSPS) is 27.2. The molecule has 1 aliphatic carbocycles. The summed E-state index contributed by atoms with van der Waals surface area (Å²) in [7, 11) is 0. The molecular weight excluding hydrogens is 284 g/mol. The number of fused-ring (bicyclic) bond motifs is 2. The highest BCUT2D eigenvalue weighted by Crippen LogP contribution is 2.33. The molecule has 6 nitrogen and oxygen atoms in total. The summed E-state index contributed by atoms with van der Waals surface area (Å²) in [4.78, 5) is 13.1. The first-order chi connectivity index (χ1) is 10.7. The molecule has 1 saturated carbocycles. The van der Waals surface area contributed by atoms with Crippen molar-refractivity contribution in [2.24, 2.45) is 0 Å². The van der Waals surface area contributed by atoms with Crippen LogP contribution in [-0.2, 0) is 16.1 Å². The molecule has 6 heteroatoms. The zero-order valence-electron chi connectivity index (χ0n) is 12.4. The van der Waals surface area contributed by atoms with Gasteiger partial charge in [0.15, 0.2) is 0 Å². The topological polar surface area (TPSA) is 64.8 Å². The van der Waals surface area contributed by atoms with Crippen LogP contribution in [0.25, 0.3) is 0 Å². The number of hydrogen-bond acceptors (Lipinski definition) is 5. The van der Waals surface area contributed by atoms with Crippen LogP contribution in [0, 0.1) is 10.1 Å². The molecule has 3 aliphatic heterocycles. The second-order valence-electron chi connectivity index (χ2n) is 6.50. The largest absolute Gasteiger partial charge is 0.374 e. The Morgan fingerprint density at radius 1 is 1.27 bits per heavy atom. The van der Waals surface area contributed by atoms with Gasteiger partial charge in [0.25, 0.3) is 5.69 Å². The molecule has 4 aliphatic rings. The number of anilines is 1. The Morgan fingerprint density at radius 2 is 2.00 bits per heavy atom. The van der Waals surface area contributed by atoms with E-state index in [-0.39, 0.29) is 22.8 Å². The van der Waals surface area contributed by atoms with Gasteiger partial charge in [-0.1, -0.05) is 0 Å². The minimum atomic E-state index is -0.322. The fraction of sp³-hybridized carbons (Fsp3) is 0.625. The molecule has 22 heavy (non-hydrogen) atoms. The van der Waals surface area contributed by atoms with E-state index in [1.54, 1.807) is 12.1 Å². The van der Waals surface area contributed by atoms with Crippen molar-refractivity contribution in [3.05, 3.63) is 33.9 Å². The number of non-ortho nitro benzene ring substituents is 1. The SMILES string of the molecule is O=[N+]([O-])c1cc(COC2CCC2)cc(N2CC3CC(C2)O3)c1. The van der Waals surface area contributed by atoms with Gasteiger partial charge < -0.3 is 14.4 Å². The van der Waals surface area contributed by atoms with E-state index in [4.69, 9.17) is 9.47 Å². The number of benzene rings is 1. The first-order valence-electron chi connectivity index (χ1n) is 7.98. The second-order valence-corrected chi connectivity index (χ2v) is 6.50. The van der Waals surface area contributed by atoms with Crippen molar-refractivity contribution in [1.82, 2.24) is 0 Å². The van der Waals surface area contributed by atoms with Crippen LogP contribution in [0.5, 0.6) is 0 Å². The summed E-state index contributed by atoms with van der Waals surface area (Å²) in [5.41, 5.74) is 1.94. The number of nitro benzene ring substituents is 1. The molecule has 1 aromatic rings. The molecule has 0 N–H and O–H groups in total. The van der Waals surface area contributed by atoms with Crippen LogP contribution in [0.15, 0.2) is 18.2 Å². The Balaban J connectivity index is 1.53. The quantitative estimate of drug-likeness (QED) is 0.618. The summed E-state index contributed by atoms with van der Waals surface area (Å²) < 4.78 is 11.4. The van der Waals surface area contributed by atoms with Crippen LogP contribution >= 0.6 is 0 Å². The smallest absolute Gasteiger partial charge is 0.271 e. The molecule has 1 aromatic carbocycles. The second kappa shape index (κ2) is 5.52. The van der Waals surface area contributed by atoms with Gasteiger partial charge in [0.05, 0.1) is 29.8 Å². The Labute approximate surface area is 129 Å². The van der Waals surface area contributed by atoms with Gasteiger partial charge in [0, 0.05) is 37.3 Å². The number of hydrogen-bond donors (Lipinski definition) is 0. The van der Waals surface area contributed by atoms with E-state index in [2.05, 4.69) is 4.90 Å². The van der Waals surface area contributed by atoms with Crippen molar-refractivity contribution < 1.29 is 14.4 Å². The molecule has 2 bridgehead atoms. The van der Waals surface area contributed by atoms with E-state index in [1.807, 2.05) is 6.07 Å². The minimum Gasteiger partial charge on any atom is -0.374 e. The van der Waals surface area contributed by atoms with Gasteiger partial charge in [-0.3, -0.25) is 10.1 Å². The molecule has 2 atom stereocenters. The lowest BCUT2D eigenvalue weighted by atomic mass is 9.96. The summed E-state index contributed by atoms with van der Waals surface area (Å²) in [6.07, 6.45) is 5.45. The maximum Gasteiger partial charge on any atom is 0.271 e. The van der Waals surface area contributed by atoms with Crippen LogP contribution in [0.4, 0.5) is 11.4 Å². The predicted molar refractivity (Wildman–Crippen MR) is 81.0 cm³/mol. The van der Waals surface area contributed by atoms with Crippen LogP contribution < -0.4 is 4.90 Å². The highest BCUT2D eigenvalue weighted by atomic mass is 16.6. The van der Waals surface area contributed by atoms with Crippen LogP contribution in [0.2, 0.25) is 0 Å². The van der Waals surface area contributed by atoms with Crippen molar-refractivity contribution >= 4 is 11.4 Å². The predicted octanol–water partition coefficient (Wildman–Crippen LogP) is 2.64. The molecule has 3 saturated heterocycles. The van der Waals surface area contributed by atoms with Gasteiger partial charge in [-0.15, -0.1) is 0 Å². The Bertz CT molecular complexity index is 572. The number of rotatable bonds is 5. The van der Waals surface area contributed by atoms with Crippen molar-refractivity contribution in [1.29, 1.82) is 0 Å². The average Bonchev–Trinajstić information content (AvgIpc) is 2.45. The fourth-order valence-corrected chi connectivity index (χ4v) is 3.35. The first-order valence-corrected chi connectivity index (χ1v) is 7.98. The van der Waals surface area contributed by atoms with Gasteiger partial charge in [0.1, 0.15) is 0 Å². The summed E-state index contributed by atoms with van der Waals surface area (Å²) >= 11 is 0. The van der Waals surface area contributed by atoms with E-state index in [0.29, 0.717) is 12.7 Å². The lowest BCUT2D eigenvalue weighted by Gasteiger charge is -2.48. The minimum absolute atomic E-state index is 0.143. The maximum absolute atomic E-state index is 11.2. The Morgan fingerprint density at radius 3 is 2.59 bits per heavy atom. The molecule has 0 radical (unpaired) electrons. The Kier molecular flexibility index (Phi) is 3.50. The van der Waals surface area contributed by atoms with Gasteiger partial charge in [-0.25, -0.2) is 0 Å². The van der Waals surface area contributed by atoms with E-state index in [9.17, 15) is 10.1 Å². The van der Waals surface area contributed by atoms with Crippen molar-refractivity contribution in [3.8, 4) is 0 Å². The van der Waals surface area contributed by atoms with Crippen LogP contribution in [-0.4, -0.2) is 36.3 Å². The summed E-state index contributed by atoms with van der Waals surface area (Å²) in [6.45, 7) is 2.09. The molecule has 0 aromatic heterocycles. The van der Waals surface area contributed by atoms with Crippen LogP contribution in [0.3, 0.4) is 0 Å². The maximum atomic E-state index is 11.2. The van der Waals surface area contributed by atoms with Gasteiger partial charge >= 0.3 is 0 Å². The van der Waals surface area contributed by atoms with E-state index in [0.717, 1.165) is 43.6 Å². The summed E-state index contributed by atoms with van der Waals surface area (Å²) in [6, 6.07) is 5.32. The third-order valence-electron chi connectivity index (χ3n) is 4.83. The van der Waals surface area contributed by atoms with E-state index >= 15 is 0 Å². The molecule has 2 unspecified atom stereocenters. The third-order valence-corrected chi connectivity index (χ3v) is 4.83. The fourth-order valence-electron chi connectivity index (χ4n) is 3.35. The molecule has 0 spiro atoms. The first kappa shape index (κ1) is 14.0. The zero-order chi connectivity index (χ0) is 15.1. The average molecular weight is 304 g/mol. The molecule has 118 valence electrons. The standard InChI is InChI=1S/C16H20N2O4/c19-18(20)13-5-11(10-21-14-2-1-3-14)4-12(6-13)17-8-15-7-16(9-17)22-15/h4-6,14-16H,1-3,7-10H2. The lowest BCUT2D eigenvalue weighted by Crippen LogP contribution is -2.57. The third kappa shape index (κ3) is 2.68. The van der Waals surface area contributed by atoms with Gasteiger partial charge in [-0.05, 0) is 30.9 Å². The molecule has 3 heterocycles. The number of nitro groups is 1. The Hall–Kier alpha value is -1.66. The zero-order valence-corrected chi connectivity index (χ0v) is 12.4. The lowest BCUT2D eigenvalue weighted by molar-refractivity contribution is -0.384. The van der Waals surface area contributed by atoms with E-state index < -0.39 is 0 Å². The highest BCUT2D eigenvalue weighted by Gasteiger charge is 2.38. The molecule has 4 fully saturated rings. The van der Waals surface area contributed by atoms with Crippen molar-refractivity contribution in [3.63, 3.8) is 0 Å². The monoisotopic (exact) mass is 304 g/mol. The van der Waals surface area contributed by atoms with Crippen molar-refractivity contribution in [2.45, 2.75) is 50.6 Å². The van der Waals surface area contributed by atoms with Gasteiger partial charge in [0.2, 0.25) is 0 Å². The molecular formula is C16H20N2O4. The highest BCUT2D eigenvalue weighted by molar-refractivity contribution is 5.56. The number of nitrogens with zero attached hydrogens (tertiary/aromatic N) is 2. The molecule has 5 rings (SSSR count). The van der Waals surface area contributed by atoms with Crippen LogP contribution in [0.1, 0.15) is 31.2 Å². The number of morpholine rings is 1.